The Morgan fingerprint density at radius 1 is 1.50 bits per heavy atom. The van der Waals surface area contributed by atoms with Crippen LogP contribution in [0, 0.1) is 12.8 Å². The molecule has 0 aromatic carbocycles. The maximum atomic E-state index is 4.38. The van der Waals surface area contributed by atoms with E-state index in [1.54, 1.807) is 0 Å². The van der Waals surface area contributed by atoms with Crippen LogP contribution in [0.2, 0.25) is 0 Å². The lowest BCUT2D eigenvalue weighted by Gasteiger charge is -2.40. The zero-order chi connectivity index (χ0) is 12.5. The van der Waals surface area contributed by atoms with Gasteiger partial charge in [-0.05, 0) is 32.1 Å². The highest BCUT2D eigenvalue weighted by atomic mass is 32.1. The molecule has 1 aliphatic heterocycles. The summed E-state index contributed by atoms with van der Waals surface area (Å²) in [4.78, 5) is 8.51. The number of aryl methyl sites for hydroxylation is 1. The summed E-state index contributed by atoms with van der Waals surface area (Å²) >= 11 is 1.81. The van der Waals surface area contributed by atoms with E-state index in [1.165, 1.54) is 36.4 Å². The van der Waals surface area contributed by atoms with Crippen LogP contribution in [-0.2, 0) is 6.54 Å². The van der Waals surface area contributed by atoms with Crippen molar-refractivity contribution in [2.75, 3.05) is 13.1 Å². The first-order valence-electron chi connectivity index (χ1n) is 7.14. The zero-order valence-electron chi connectivity index (χ0n) is 11.4. The molecule has 18 heavy (non-hydrogen) atoms. The maximum Gasteiger partial charge on any atom is 0.0798 e. The van der Waals surface area contributed by atoms with E-state index in [9.17, 15) is 0 Å². The van der Waals surface area contributed by atoms with Crippen LogP contribution in [0.5, 0.6) is 0 Å². The smallest absolute Gasteiger partial charge is 0.0798 e. The largest absolute Gasteiger partial charge is 0.311 e. The lowest BCUT2D eigenvalue weighted by atomic mass is 10.0. The fourth-order valence-electron chi connectivity index (χ4n) is 2.96. The quantitative estimate of drug-likeness (QED) is 0.906. The molecular formula is C14H23N3S. The second-order valence-electron chi connectivity index (χ2n) is 5.70. The Morgan fingerprint density at radius 2 is 2.33 bits per heavy atom. The molecule has 2 heterocycles. The van der Waals surface area contributed by atoms with Gasteiger partial charge in [0.15, 0.2) is 0 Å². The minimum atomic E-state index is 0.696. The van der Waals surface area contributed by atoms with Crippen LogP contribution in [0.15, 0.2) is 5.51 Å². The number of rotatable bonds is 4. The van der Waals surface area contributed by atoms with Gasteiger partial charge in [0.05, 0.1) is 11.2 Å². The van der Waals surface area contributed by atoms with Crippen LogP contribution in [-0.4, -0.2) is 35.1 Å². The molecule has 1 aliphatic carbocycles. The third kappa shape index (κ3) is 2.60. The molecule has 1 aromatic heterocycles. The summed E-state index contributed by atoms with van der Waals surface area (Å²) in [6, 6.07) is 1.43. The molecule has 2 aliphatic rings. The first-order chi connectivity index (χ1) is 8.78. The lowest BCUT2D eigenvalue weighted by molar-refractivity contribution is 0.112. The third-order valence-electron chi connectivity index (χ3n) is 4.42. The minimum absolute atomic E-state index is 0.696. The van der Waals surface area contributed by atoms with Crippen molar-refractivity contribution in [1.29, 1.82) is 0 Å². The van der Waals surface area contributed by atoms with Gasteiger partial charge < -0.3 is 5.32 Å². The van der Waals surface area contributed by atoms with Crippen molar-refractivity contribution in [3.8, 4) is 0 Å². The average Bonchev–Trinajstić information content (AvgIpc) is 3.15. The van der Waals surface area contributed by atoms with Crippen molar-refractivity contribution in [3.05, 3.63) is 16.1 Å². The molecule has 0 spiro atoms. The molecule has 2 fully saturated rings. The standard InChI is InChI=1S/C14H23N3S/c1-3-12-6-15-13(11-4-5-11)7-17(12)8-14-10(2)16-9-18-14/h9,11-13,15H,3-8H2,1-2H3. The summed E-state index contributed by atoms with van der Waals surface area (Å²) in [6.45, 7) is 7.92. The van der Waals surface area contributed by atoms with Gasteiger partial charge in [-0.2, -0.15) is 0 Å². The fourth-order valence-corrected chi connectivity index (χ4v) is 3.76. The first-order valence-corrected chi connectivity index (χ1v) is 8.02. The second kappa shape index (κ2) is 5.27. The number of hydrogen-bond acceptors (Lipinski definition) is 4. The van der Waals surface area contributed by atoms with Crippen molar-refractivity contribution in [2.24, 2.45) is 5.92 Å². The van der Waals surface area contributed by atoms with E-state index >= 15 is 0 Å². The van der Waals surface area contributed by atoms with E-state index < -0.39 is 0 Å². The number of thiazole rings is 1. The molecule has 2 atom stereocenters. The molecule has 2 unspecified atom stereocenters. The maximum absolute atomic E-state index is 4.38. The number of nitrogens with one attached hydrogen (secondary N) is 1. The Hall–Kier alpha value is -0.450. The van der Waals surface area contributed by atoms with Crippen molar-refractivity contribution >= 4 is 11.3 Å². The molecule has 100 valence electrons. The van der Waals surface area contributed by atoms with Gasteiger partial charge in [-0.25, -0.2) is 4.98 Å². The molecular weight excluding hydrogens is 242 g/mol. The topological polar surface area (TPSA) is 28.2 Å². The Labute approximate surface area is 114 Å². The van der Waals surface area contributed by atoms with Gasteiger partial charge in [0.2, 0.25) is 0 Å². The van der Waals surface area contributed by atoms with Crippen LogP contribution < -0.4 is 5.32 Å². The van der Waals surface area contributed by atoms with Gasteiger partial charge in [-0.15, -0.1) is 11.3 Å². The molecule has 1 aromatic rings. The third-order valence-corrected chi connectivity index (χ3v) is 5.34. The zero-order valence-corrected chi connectivity index (χ0v) is 12.2. The summed E-state index contributed by atoms with van der Waals surface area (Å²) < 4.78 is 0. The number of piperazine rings is 1. The highest BCUT2D eigenvalue weighted by molar-refractivity contribution is 7.09. The van der Waals surface area contributed by atoms with Crippen LogP contribution >= 0.6 is 11.3 Å². The van der Waals surface area contributed by atoms with E-state index in [0.29, 0.717) is 6.04 Å². The first kappa shape index (κ1) is 12.6. The molecule has 0 amide bonds. The molecule has 1 saturated heterocycles. The predicted octanol–water partition coefficient (Wildman–Crippen LogP) is 2.41. The summed E-state index contributed by atoms with van der Waals surface area (Å²) in [5.41, 5.74) is 3.20. The van der Waals surface area contributed by atoms with E-state index in [1.807, 2.05) is 16.8 Å². The molecule has 0 radical (unpaired) electrons. The normalized spacial score (nSPS) is 29.7. The predicted molar refractivity (Wildman–Crippen MR) is 75.9 cm³/mol. The molecule has 4 heteroatoms. The number of hydrogen-bond donors (Lipinski definition) is 1. The van der Waals surface area contributed by atoms with Crippen molar-refractivity contribution < 1.29 is 0 Å². The Kier molecular flexibility index (Phi) is 3.68. The molecule has 3 nitrogen and oxygen atoms in total. The fraction of sp³-hybridized carbons (Fsp3) is 0.786. The highest BCUT2D eigenvalue weighted by Crippen LogP contribution is 2.35. The van der Waals surface area contributed by atoms with Gasteiger partial charge >= 0.3 is 0 Å². The van der Waals surface area contributed by atoms with Crippen LogP contribution in [0.3, 0.4) is 0 Å². The van der Waals surface area contributed by atoms with Gasteiger partial charge in [-0.3, -0.25) is 4.90 Å². The van der Waals surface area contributed by atoms with Crippen molar-refractivity contribution in [1.82, 2.24) is 15.2 Å². The molecule has 1 saturated carbocycles. The Morgan fingerprint density at radius 3 is 2.94 bits per heavy atom. The summed E-state index contributed by atoms with van der Waals surface area (Å²) in [5, 5.41) is 3.75. The summed E-state index contributed by atoms with van der Waals surface area (Å²) in [5.74, 6) is 0.952. The summed E-state index contributed by atoms with van der Waals surface area (Å²) in [7, 11) is 0. The van der Waals surface area contributed by atoms with Gasteiger partial charge in [0.25, 0.3) is 0 Å². The Bertz CT molecular complexity index is 399. The van der Waals surface area contributed by atoms with E-state index in [0.717, 1.165) is 25.0 Å². The average molecular weight is 265 g/mol. The Balaban J connectivity index is 1.67. The van der Waals surface area contributed by atoms with E-state index in [-0.39, 0.29) is 0 Å². The van der Waals surface area contributed by atoms with E-state index in [2.05, 4.69) is 29.0 Å². The SMILES string of the molecule is CCC1CNC(C2CC2)CN1Cc1scnc1C. The monoisotopic (exact) mass is 265 g/mol. The molecule has 0 bridgehead atoms. The van der Waals surface area contributed by atoms with E-state index in [4.69, 9.17) is 0 Å². The van der Waals surface area contributed by atoms with Gasteiger partial charge in [0.1, 0.15) is 0 Å². The number of aromatic nitrogens is 1. The molecule has 1 N–H and O–H groups in total. The van der Waals surface area contributed by atoms with Gasteiger partial charge in [0, 0.05) is 36.6 Å². The number of nitrogens with zero attached hydrogens (tertiary/aromatic N) is 2. The second-order valence-corrected chi connectivity index (χ2v) is 6.64. The van der Waals surface area contributed by atoms with Crippen LogP contribution in [0.25, 0.3) is 0 Å². The van der Waals surface area contributed by atoms with Crippen LogP contribution in [0.4, 0.5) is 0 Å². The van der Waals surface area contributed by atoms with Crippen molar-refractivity contribution in [3.63, 3.8) is 0 Å². The van der Waals surface area contributed by atoms with Crippen molar-refractivity contribution in [2.45, 2.75) is 51.7 Å². The van der Waals surface area contributed by atoms with Crippen LogP contribution in [0.1, 0.15) is 36.8 Å². The lowest BCUT2D eigenvalue weighted by Crippen LogP contribution is -2.56. The highest BCUT2D eigenvalue weighted by Gasteiger charge is 2.36. The van der Waals surface area contributed by atoms with Gasteiger partial charge in [-0.1, -0.05) is 6.92 Å². The summed E-state index contributed by atoms with van der Waals surface area (Å²) in [6.07, 6.45) is 4.10. The minimum Gasteiger partial charge on any atom is -0.311 e. The molecule has 3 rings (SSSR count).